The van der Waals surface area contributed by atoms with Crippen molar-refractivity contribution in [2.24, 2.45) is 5.73 Å². The first-order valence-corrected chi connectivity index (χ1v) is 6.84. The fraction of sp³-hybridized carbons (Fsp3) is 0.231. The normalized spacial score (nSPS) is 10.6. The monoisotopic (exact) mass is 279 g/mol. The van der Waals surface area contributed by atoms with Crippen LogP contribution in [-0.2, 0) is 6.42 Å². The van der Waals surface area contributed by atoms with Crippen molar-refractivity contribution in [2.75, 3.05) is 6.54 Å². The summed E-state index contributed by atoms with van der Waals surface area (Å²) in [4.78, 5) is 9.55. The van der Waals surface area contributed by atoms with Crippen molar-refractivity contribution in [1.29, 1.82) is 0 Å². The Kier molecular flexibility index (Phi) is 4.58. The van der Waals surface area contributed by atoms with Crippen LogP contribution < -0.4 is 5.73 Å². The molecular weight excluding hydrogens is 266 g/mol. The third-order valence-corrected chi connectivity index (χ3v) is 3.92. The molecule has 0 spiro atoms. The van der Waals surface area contributed by atoms with Crippen LogP contribution in [0.3, 0.4) is 0 Å². The van der Waals surface area contributed by atoms with E-state index in [0.717, 1.165) is 27.5 Å². The van der Waals surface area contributed by atoms with Gasteiger partial charge in [-0.05, 0) is 48.8 Å². The molecule has 0 aliphatic heterocycles. The highest BCUT2D eigenvalue weighted by Gasteiger charge is 2.09. The quantitative estimate of drug-likeness (QED) is 0.874. The Bertz CT molecular complexity index is 528. The molecule has 0 bridgehead atoms. The standard InChI is InChI=1S/C13H14ClN3S/c1-9-7-16-13(17-8-9)18-12-10(5-6-15)3-2-4-11(12)14/h2-4,7-8H,5-6,15H2,1H3. The molecule has 0 aliphatic carbocycles. The minimum absolute atomic E-state index is 0.600. The van der Waals surface area contributed by atoms with Crippen molar-refractivity contribution < 1.29 is 0 Å². The number of nitrogens with zero attached hydrogens (tertiary/aromatic N) is 2. The van der Waals surface area contributed by atoms with Gasteiger partial charge in [0, 0.05) is 17.3 Å². The zero-order valence-electron chi connectivity index (χ0n) is 10.1. The molecule has 0 amide bonds. The van der Waals surface area contributed by atoms with Crippen LogP contribution in [0.15, 0.2) is 40.6 Å². The second-order valence-corrected chi connectivity index (χ2v) is 5.30. The summed E-state index contributed by atoms with van der Waals surface area (Å²) in [7, 11) is 0. The van der Waals surface area contributed by atoms with E-state index in [2.05, 4.69) is 9.97 Å². The summed E-state index contributed by atoms with van der Waals surface area (Å²) in [5.74, 6) is 0. The zero-order chi connectivity index (χ0) is 13.0. The van der Waals surface area contributed by atoms with Crippen LogP contribution in [0, 0.1) is 6.92 Å². The van der Waals surface area contributed by atoms with Crippen LogP contribution >= 0.6 is 23.4 Å². The Morgan fingerprint density at radius 1 is 1.28 bits per heavy atom. The summed E-state index contributed by atoms with van der Waals surface area (Å²) in [5.41, 5.74) is 7.79. The lowest BCUT2D eigenvalue weighted by atomic mass is 10.1. The predicted molar refractivity (Wildman–Crippen MR) is 75.1 cm³/mol. The van der Waals surface area contributed by atoms with Gasteiger partial charge < -0.3 is 5.73 Å². The average Bonchev–Trinajstić information content (AvgIpc) is 2.36. The van der Waals surface area contributed by atoms with Gasteiger partial charge in [-0.1, -0.05) is 23.7 Å². The molecule has 94 valence electrons. The molecule has 0 atom stereocenters. The molecule has 18 heavy (non-hydrogen) atoms. The average molecular weight is 280 g/mol. The number of aryl methyl sites for hydroxylation is 1. The van der Waals surface area contributed by atoms with Gasteiger partial charge in [0.25, 0.3) is 0 Å². The van der Waals surface area contributed by atoms with Crippen LogP contribution in [0.2, 0.25) is 5.02 Å². The molecule has 5 heteroatoms. The highest BCUT2D eigenvalue weighted by Crippen LogP contribution is 2.34. The molecule has 0 saturated heterocycles. The molecule has 2 N–H and O–H groups in total. The van der Waals surface area contributed by atoms with Gasteiger partial charge in [-0.25, -0.2) is 9.97 Å². The maximum Gasteiger partial charge on any atom is 0.192 e. The smallest absolute Gasteiger partial charge is 0.192 e. The number of nitrogens with two attached hydrogens (primary N) is 1. The first-order valence-electron chi connectivity index (χ1n) is 5.64. The number of rotatable bonds is 4. The second kappa shape index (κ2) is 6.18. The number of hydrogen-bond donors (Lipinski definition) is 1. The molecule has 2 aromatic rings. The molecule has 1 aromatic heterocycles. The Hall–Kier alpha value is -1.10. The van der Waals surface area contributed by atoms with E-state index in [9.17, 15) is 0 Å². The van der Waals surface area contributed by atoms with Gasteiger partial charge in [0.15, 0.2) is 5.16 Å². The summed E-state index contributed by atoms with van der Waals surface area (Å²) < 4.78 is 0. The van der Waals surface area contributed by atoms with E-state index >= 15 is 0 Å². The Labute approximate surface area is 116 Å². The lowest BCUT2D eigenvalue weighted by molar-refractivity contribution is 0.930. The minimum Gasteiger partial charge on any atom is -0.330 e. The molecule has 1 aromatic carbocycles. The fourth-order valence-electron chi connectivity index (χ4n) is 1.54. The van der Waals surface area contributed by atoms with Gasteiger partial charge in [0.1, 0.15) is 0 Å². The molecule has 0 saturated carbocycles. The molecule has 2 rings (SSSR count). The van der Waals surface area contributed by atoms with Crippen LogP contribution in [0.1, 0.15) is 11.1 Å². The van der Waals surface area contributed by atoms with Gasteiger partial charge in [0.05, 0.1) is 5.02 Å². The molecule has 0 radical (unpaired) electrons. The Morgan fingerprint density at radius 2 is 2.00 bits per heavy atom. The highest BCUT2D eigenvalue weighted by atomic mass is 35.5. The van der Waals surface area contributed by atoms with E-state index in [4.69, 9.17) is 17.3 Å². The molecule has 0 unspecified atom stereocenters. The number of benzene rings is 1. The van der Waals surface area contributed by atoms with Gasteiger partial charge in [-0.15, -0.1) is 0 Å². The van der Waals surface area contributed by atoms with Gasteiger partial charge in [0.2, 0.25) is 0 Å². The predicted octanol–water partition coefficient (Wildman–Crippen LogP) is 3.09. The lowest BCUT2D eigenvalue weighted by Gasteiger charge is -2.09. The topological polar surface area (TPSA) is 51.8 Å². The number of aromatic nitrogens is 2. The molecular formula is C13H14ClN3S. The van der Waals surface area contributed by atoms with Crippen LogP contribution in [0.25, 0.3) is 0 Å². The van der Waals surface area contributed by atoms with Crippen LogP contribution in [0.4, 0.5) is 0 Å². The summed E-state index contributed by atoms with van der Waals surface area (Å²) in [6.07, 6.45) is 4.40. The third-order valence-electron chi connectivity index (χ3n) is 2.41. The summed E-state index contributed by atoms with van der Waals surface area (Å²) in [5, 5.41) is 1.42. The van der Waals surface area contributed by atoms with Crippen LogP contribution in [-0.4, -0.2) is 16.5 Å². The van der Waals surface area contributed by atoms with Gasteiger partial charge in [-0.3, -0.25) is 0 Å². The Balaban J connectivity index is 2.30. The fourth-order valence-corrected chi connectivity index (χ4v) is 2.71. The summed E-state index contributed by atoms with van der Waals surface area (Å²) >= 11 is 7.71. The summed E-state index contributed by atoms with van der Waals surface area (Å²) in [6, 6.07) is 5.85. The molecule has 3 nitrogen and oxygen atoms in total. The second-order valence-electron chi connectivity index (χ2n) is 3.91. The first kappa shape index (κ1) is 13.3. The maximum atomic E-state index is 6.23. The van der Waals surface area contributed by atoms with Crippen molar-refractivity contribution in [3.05, 3.63) is 46.7 Å². The number of halogens is 1. The SMILES string of the molecule is Cc1cnc(Sc2c(Cl)cccc2CCN)nc1. The molecule has 1 heterocycles. The van der Waals surface area contributed by atoms with Crippen molar-refractivity contribution in [1.82, 2.24) is 9.97 Å². The van der Waals surface area contributed by atoms with Gasteiger partial charge in [-0.2, -0.15) is 0 Å². The van der Waals surface area contributed by atoms with E-state index < -0.39 is 0 Å². The van der Waals surface area contributed by atoms with E-state index in [0.29, 0.717) is 11.7 Å². The van der Waals surface area contributed by atoms with E-state index in [1.165, 1.54) is 11.8 Å². The zero-order valence-corrected chi connectivity index (χ0v) is 11.6. The Morgan fingerprint density at radius 3 is 2.67 bits per heavy atom. The third kappa shape index (κ3) is 3.22. The van der Waals surface area contributed by atoms with E-state index in [1.807, 2.05) is 25.1 Å². The van der Waals surface area contributed by atoms with Gasteiger partial charge >= 0.3 is 0 Å². The van der Waals surface area contributed by atoms with Crippen LogP contribution in [0.5, 0.6) is 0 Å². The first-order chi connectivity index (χ1) is 8.70. The van der Waals surface area contributed by atoms with E-state index in [-0.39, 0.29) is 0 Å². The minimum atomic E-state index is 0.600. The van der Waals surface area contributed by atoms with Crippen molar-refractivity contribution in [3.63, 3.8) is 0 Å². The van der Waals surface area contributed by atoms with Crippen molar-refractivity contribution in [3.8, 4) is 0 Å². The maximum absolute atomic E-state index is 6.23. The number of hydrogen-bond acceptors (Lipinski definition) is 4. The largest absolute Gasteiger partial charge is 0.330 e. The highest BCUT2D eigenvalue weighted by molar-refractivity contribution is 7.99. The van der Waals surface area contributed by atoms with E-state index in [1.54, 1.807) is 12.4 Å². The van der Waals surface area contributed by atoms with Crippen molar-refractivity contribution in [2.45, 2.75) is 23.4 Å². The summed E-state index contributed by atoms with van der Waals surface area (Å²) in [6.45, 7) is 2.56. The molecule has 0 fully saturated rings. The van der Waals surface area contributed by atoms with Crippen molar-refractivity contribution >= 4 is 23.4 Å². The molecule has 0 aliphatic rings. The lowest BCUT2D eigenvalue weighted by Crippen LogP contribution is -2.04.